The smallest absolute Gasteiger partial charge is 0.368 e. The van der Waals surface area contributed by atoms with Gasteiger partial charge in [0.2, 0.25) is 0 Å². The van der Waals surface area contributed by atoms with Gasteiger partial charge in [0, 0.05) is 16.7 Å². The summed E-state index contributed by atoms with van der Waals surface area (Å²) in [6.07, 6.45) is 7.27. The van der Waals surface area contributed by atoms with Crippen LogP contribution in [0.1, 0.15) is 100 Å². The number of epoxide rings is 1. The van der Waals surface area contributed by atoms with Crippen LogP contribution < -0.4 is 0 Å². The molecule has 1 saturated heterocycles. The van der Waals surface area contributed by atoms with Gasteiger partial charge in [-0.05, 0) is 67.8 Å². The molecule has 1 nitrogen and oxygen atoms in total. The maximum Gasteiger partial charge on any atom is 0.419 e. The fourth-order valence-corrected chi connectivity index (χ4v) is 7.25. The summed E-state index contributed by atoms with van der Waals surface area (Å²) in [6, 6.07) is 4.76. The molecular formula is C32H38F6O. The van der Waals surface area contributed by atoms with Crippen LogP contribution >= 0.6 is 0 Å². The average molecular weight is 553 g/mol. The summed E-state index contributed by atoms with van der Waals surface area (Å²) in [7, 11) is 0. The summed E-state index contributed by atoms with van der Waals surface area (Å²) < 4.78 is 91.7. The van der Waals surface area contributed by atoms with Gasteiger partial charge in [0.25, 0.3) is 0 Å². The van der Waals surface area contributed by atoms with Gasteiger partial charge in [0.1, 0.15) is 11.9 Å². The highest BCUT2D eigenvalue weighted by atomic mass is 19.4. The quantitative estimate of drug-likeness (QED) is 0.234. The van der Waals surface area contributed by atoms with Crippen molar-refractivity contribution in [2.75, 3.05) is 6.61 Å². The minimum atomic E-state index is -4.94. The number of hydrogen-bond acceptors (Lipinski definition) is 1. The van der Waals surface area contributed by atoms with Gasteiger partial charge < -0.3 is 4.74 Å². The van der Waals surface area contributed by atoms with Crippen molar-refractivity contribution in [2.24, 2.45) is 23.7 Å². The van der Waals surface area contributed by atoms with E-state index in [1.54, 1.807) is 0 Å². The SMILES string of the molecule is CCCC1CCC(C2CCC(CCc3ccc(-c4ccc(C5CO5)c(F)c4F)c(F)c3C(F)(F)F)CC2)CC1. The van der Waals surface area contributed by atoms with Crippen LogP contribution in [0.3, 0.4) is 0 Å². The van der Waals surface area contributed by atoms with Crippen molar-refractivity contribution in [3.63, 3.8) is 0 Å². The number of alkyl halides is 3. The lowest BCUT2D eigenvalue weighted by molar-refractivity contribution is -0.140. The Hall–Kier alpha value is -2.02. The van der Waals surface area contributed by atoms with Crippen molar-refractivity contribution < 1.29 is 31.1 Å². The molecule has 2 aromatic carbocycles. The molecule has 39 heavy (non-hydrogen) atoms. The van der Waals surface area contributed by atoms with Crippen molar-refractivity contribution in [3.05, 3.63) is 58.4 Å². The minimum Gasteiger partial charge on any atom is -0.368 e. The number of hydrogen-bond donors (Lipinski definition) is 0. The third-order valence-electron chi connectivity index (χ3n) is 9.56. The number of aryl methyl sites for hydroxylation is 1. The van der Waals surface area contributed by atoms with Gasteiger partial charge >= 0.3 is 6.18 Å². The fraction of sp³-hybridized carbons (Fsp3) is 0.625. The van der Waals surface area contributed by atoms with Gasteiger partial charge in [-0.25, -0.2) is 13.2 Å². The zero-order valence-electron chi connectivity index (χ0n) is 22.6. The lowest BCUT2D eigenvalue weighted by Gasteiger charge is -2.38. The molecule has 2 aliphatic carbocycles. The Morgan fingerprint density at radius 2 is 1.26 bits per heavy atom. The van der Waals surface area contributed by atoms with Crippen molar-refractivity contribution in [3.8, 4) is 11.1 Å². The molecule has 0 aromatic heterocycles. The molecule has 0 spiro atoms. The van der Waals surface area contributed by atoms with Gasteiger partial charge in [-0.2, -0.15) is 13.2 Å². The van der Waals surface area contributed by atoms with E-state index in [0.717, 1.165) is 55.6 Å². The standard InChI is InChI=1S/C32H38F6O/c1-2-3-19-4-9-21(10-5-19)22-11-6-20(7-12-22)8-13-23-14-15-24(29(33)28(23)32(36,37)38)25-16-17-26(27-18-39-27)31(35)30(25)34/h14-17,19-22,27H,2-13,18H2,1H3. The molecule has 3 aliphatic rings. The third kappa shape index (κ3) is 6.34. The predicted octanol–water partition coefficient (Wildman–Crippen LogP) is 10.2. The Morgan fingerprint density at radius 3 is 1.79 bits per heavy atom. The zero-order chi connectivity index (χ0) is 27.7. The normalized spacial score (nSPS) is 27.5. The van der Waals surface area contributed by atoms with Crippen LogP contribution in [0.4, 0.5) is 26.3 Å². The molecule has 5 rings (SSSR count). The Balaban J connectivity index is 1.24. The zero-order valence-corrected chi connectivity index (χ0v) is 22.6. The number of benzene rings is 2. The summed E-state index contributed by atoms with van der Waals surface area (Å²) in [5, 5.41) is 0. The van der Waals surface area contributed by atoms with E-state index in [9.17, 15) is 22.0 Å². The van der Waals surface area contributed by atoms with E-state index in [0.29, 0.717) is 12.3 Å². The van der Waals surface area contributed by atoms with Crippen LogP contribution in [-0.2, 0) is 17.3 Å². The van der Waals surface area contributed by atoms with Gasteiger partial charge in [-0.3, -0.25) is 0 Å². The summed E-state index contributed by atoms with van der Waals surface area (Å²) >= 11 is 0. The lowest BCUT2D eigenvalue weighted by Crippen LogP contribution is -2.26. The highest BCUT2D eigenvalue weighted by Gasteiger charge is 2.39. The topological polar surface area (TPSA) is 12.5 Å². The average Bonchev–Trinajstić information content (AvgIpc) is 3.75. The number of ether oxygens (including phenoxy) is 1. The van der Waals surface area contributed by atoms with Crippen molar-refractivity contribution in [1.29, 1.82) is 0 Å². The van der Waals surface area contributed by atoms with E-state index in [-0.39, 0.29) is 24.2 Å². The lowest BCUT2D eigenvalue weighted by atomic mass is 9.68. The molecule has 1 atom stereocenters. The summed E-state index contributed by atoms with van der Waals surface area (Å²) in [6.45, 7) is 2.50. The van der Waals surface area contributed by atoms with E-state index in [2.05, 4.69) is 6.92 Å². The molecular weight excluding hydrogens is 514 g/mol. The monoisotopic (exact) mass is 552 g/mol. The molecule has 214 valence electrons. The number of halogens is 6. The van der Waals surface area contributed by atoms with E-state index < -0.39 is 46.4 Å². The molecule has 0 amide bonds. The molecule has 3 fully saturated rings. The van der Waals surface area contributed by atoms with Crippen LogP contribution in [0.25, 0.3) is 11.1 Å². The maximum atomic E-state index is 15.4. The van der Waals surface area contributed by atoms with E-state index in [1.165, 1.54) is 50.7 Å². The van der Waals surface area contributed by atoms with Crippen LogP contribution in [0.15, 0.2) is 24.3 Å². The Labute approximate surface area is 227 Å². The first-order valence-corrected chi connectivity index (χ1v) is 14.7. The molecule has 1 heterocycles. The first-order chi connectivity index (χ1) is 18.7. The van der Waals surface area contributed by atoms with E-state index in [1.807, 2.05) is 0 Å². The van der Waals surface area contributed by atoms with Crippen LogP contribution in [0.5, 0.6) is 0 Å². The summed E-state index contributed by atoms with van der Waals surface area (Å²) in [5.41, 5.74) is -2.60. The molecule has 7 heteroatoms. The molecule has 1 aliphatic heterocycles. The first kappa shape index (κ1) is 28.5. The molecule has 0 N–H and O–H groups in total. The Bertz CT molecular complexity index is 1140. The second-order valence-corrected chi connectivity index (χ2v) is 12.0. The number of rotatable bonds is 8. The first-order valence-electron chi connectivity index (χ1n) is 14.7. The van der Waals surface area contributed by atoms with Crippen molar-refractivity contribution >= 4 is 0 Å². The van der Waals surface area contributed by atoms with Gasteiger partial charge in [-0.15, -0.1) is 0 Å². The molecule has 0 radical (unpaired) electrons. The van der Waals surface area contributed by atoms with Crippen LogP contribution in [0.2, 0.25) is 0 Å². The van der Waals surface area contributed by atoms with E-state index >= 15 is 4.39 Å². The van der Waals surface area contributed by atoms with Crippen LogP contribution in [0, 0.1) is 41.1 Å². The minimum absolute atomic E-state index is 0.0109. The van der Waals surface area contributed by atoms with Gasteiger partial charge in [0.05, 0.1) is 12.2 Å². The van der Waals surface area contributed by atoms with Crippen molar-refractivity contribution in [2.45, 2.75) is 96.3 Å². The summed E-state index contributed by atoms with van der Waals surface area (Å²) in [5.74, 6) is -1.41. The maximum absolute atomic E-state index is 15.4. The van der Waals surface area contributed by atoms with Gasteiger partial charge in [0.15, 0.2) is 11.6 Å². The predicted molar refractivity (Wildman–Crippen MR) is 140 cm³/mol. The highest BCUT2D eigenvalue weighted by Crippen LogP contribution is 2.44. The van der Waals surface area contributed by atoms with Gasteiger partial charge in [-0.1, -0.05) is 69.7 Å². The summed E-state index contributed by atoms with van der Waals surface area (Å²) in [4.78, 5) is 0. The Kier molecular flexibility index (Phi) is 8.65. The Morgan fingerprint density at radius 1 is 0.718 bits per heavy atom. The molecule has 2 saturated carbocycles. The molecule has 0 bridgehead atoms. The van der Waals surface area contributed by atoms with Crippen molar-refractivity contribution in [1.82, 2.24) is 0 Å². The second-order valence-electron chi connectivity index (χ2n) is 12.0. The third-order valence-corrected chi connectivity index (χ3v) is 9.56. The molecule has 1 unspecified atom stereocenters. The largest absolute Gasteiger partial charge is 0.419 e. The molecule has 2 aromatic rings. The second kappa shape index (κ2) is 11.8. The van der Waals surface area contributed by atoms with Crippen LogP contribution in [-0.4, -0.2) is 6.61 Å². The van der Waals surface area contributed by atoms with E-state index in [4.69, 9.17) is 4.74 Å². The highest BCUT2D eigenvalue weighted by molar-refractivity contribution is 5.67. The fourth-order valence-electron chi connectivity index (χ4n) is 7.25.